The van der Waals surface area contributed by atoms with Crippen LogP contribution in [0.3, 0.4) is 0 Å². The van der Waals surface area contributed by atoms with Gasteiger partial charge in [-0.25, -0.2) is 0 Å². The molecular formula is C17H20ClNO2. The van der Waals surface area contributed by atoms with Crippen LogP contribution in [0.2, 0.25) is 5.02 Å². The molecule has 2 N–H and O–H groups in total. The molecule has 112 valence electrons. The summed E-state index contributed by atoms with van der Waals surface area (Å²) >= 11 is 6.04. The first-order chi connectivity index (χ1) is 10.1. The zero-order valence-corrected chi connectivity index (χ0v) is 13.0. The van der Waals surface area contributed by atoms with Crippen molar-refractivity contribution >= 4 is 11.6 Å². The topological polar surface area (TPSA) is 44.5 Å². The highest BCUT2D eigenvalue weighted by atomic mass is 35.5. The van der Waals surface area contributed by atoms with Crippen LogP contribution in [0.5, 0.6) is 11.5 Å². The maximum absolute atomic E-state index is 6.14. The van der Waals surface area contributed by atoms with Crippen LogP contribution in [0.4, 0.5) is 0 Å². The van der Waals surface area contributed by atoms with Gasteiger partial charge in [-0.2, -0.15) is 0 Å². The van der Waals surface area contributed by atoms with Gasteiger partial charge in [-0.1, -0.05) is 35.9 Å². The van der Waals surface area contributed by atoms with E-state index in [0.717, 1.165) is 11.3 Å². The van der Waals surface area contributed by atoms with Crippen molar-refractivity contribution < 1.29 is 9.47 Å². The van der Waals surface area contributed by atoms with Crippen molar-refractivity contribution in [2.75, 3.05) is 6.61 Å². The molecule has 0 amide bonds. The third kappa shape index (κ3) is 4.66. The number of hydrogen-bond acceptors (Lipinski definition) is 3. The third-order valence-corrected chi connectivity index (χ3v) is 3.25. The van der Waals surface area contributed by atoms with E-state index in [4.69, 9.17) is 26.8 Å². The number of ether oxygens (including phenoxy) is 2. The van der Waals surface area contributed by atoms with E-state index in [1.807, 2.05) is 56.3 Å². The van der Waals surface area contributed by atoms with Crippen LogP contribution in [0.1, 0.15) is 25.5 Å². The summed E-state index contributed by atoms with van der Waals surface area (Å²) in [7, 11) is 0. The molecule has 2 rings (SSSR count). The van der Waals surface area contributed by atoms with Crippen molar-refractivity contribution in [3.63, 3.8) is 0 Å². The highest BCUT2D eigenvalue weighted by molar-refractivity contribution is 6.32. The fraction of sp³-hybridized carbons (Fsp3) is 0.294. The Bertz CT molecular complexity index is 569. The van der Waals surface area contributed by atoms with Crippen LogP contribution < -0.4 is 15.2 Å². The van der Waals surface area contributed by atoms with Gasteiger partial charge in [0.2, 0.25) is 0 Å². The molecule has 2 aromatic rings. The molecule has 21 heavy (non-hydrogen) atoms. The van der Waals surface area contributed by atoms with Crippen LogP contribution in [-0.4, -0.2) is 12.7 Å². The number of halogens is 1. The Morgan fingerprint density at radius 3 is 2.33 bits per heavy atom. The Morgan fingerprint density at radius 1 is 1.05 bits per heavy atom. The highest BCUT2D eigenvalue weighted by Gasteiger charge is 2.09. The van der Waals surface area contributed by atoms with Gasteiger partial charge in [0, 0.05) is 0 Å². The average molecular weight is 306 g/mol. The fourth-order valence-corrected chi connectivity index (χ4v) is 2.09. The van der Waals surface area contributed by atoms with Crippen molar-refractivity contribution in [3.05, 3.63) is 59.1 Å². The molecule has 0 fully saturated rings. The van der Waals surface area contributed by atoms with E-state index in [2.05, 4.69) is 0 Å². The minimum Gasteiger partial charge on any atom is -0.491 e. The standard InChI is InChI=1S/C17H20ClNO2/c1-12(2)21-14-9-7-13(8-10-14)16(19)11-20-17-6-4-3-5-15(17)18/h3-10,12,16H,11,19H2,1-2H3. The summed E-state index contributed by atoms with van der Waals surface area (Å²) in [4.78, 5) is 0. The second kappa shape index (κ2) is 7.34. The van der Waals surface area contributed by atoms with E-state index < -0.39 is 0 Å². The van der Waals surface area contributed by atoms with Crippen LogP contribution >= 0.6 is 11.6 Å². The van der Waals surface area contributed by atoms with Gasteiger partial charge < -0.3 is 15.2 Å². The van der Waals surface area contributed by atoms with E-state index in [0.29, 0.717) is 17.4 Å². The van der Waals surface area contributed by atoms with Gasteiger partial charge in [0.25, 0.3) is 0 Å². The molecule has 0 heterocycles. The number of nitrogens with two attached hydrogens (primary N) is 1. The SMILES string of the molecule is CC(C)Oc1ccc(C(N)COc2ccccc2Cl)cc1. The zero-order valence-electron chi connectivity index (χ0n) is 12.3. The summed E-state index contributed by atoms with van der Waals surface area (Å²) in [5.74, 6) is 1.49. The van der Waals surface area contributed by atoms with E-state index in [1.54, 1.807) is 6.07 Å². The van der Waals surface area contributed by atoms with E-state index in [1.165, 1.54) is 0 Å². The van der Waals surface area contributed by atoms with Gasteiger partial charge >= 0.3 is 0 Å². The molecule has 3 nitrogen and oxygen atoms in total. The Hall–Kier alpha value is -1.71. The molecule has 0 aliphatic heterocycles. The number of rotatable bonds is 6. The molecule has 1 unspecified atom stereocenters. The highest BCUT2D eigenvalue weighted by Crippen LogP contribution is 2.24. The van der Waals surface area contributed by atoms with Crippen molar-refractivity contribution in [2.24, 2.45) is 5.73 Å². The summed E-state index contributed by atoms with van der Waals surface area (Å²) < 4.78 is 11.3. The minimum absolute atomic E-state index is 0.160. The minimum atomic E-state index is -0.214. The zero-order chi connectivity index (χ0) is 15.2. The van der Waals surface area contributed by atoms with Gasteiger partial charge in [0.15, 0.2) is 0 Å². The summed E-state index contributed by atoms with van der Waals surface area (Å²) in [5, 5.41) is 0.588. The van der Waals surface area contributed by atoms with Gasteiger partial charge in [-0.3, -0.25) is 0 Å². The van der Waals surface area contributed by atoms with E-state index >= 15 is 0 Å². The van der Waals surface area contributed by atoms with Crippen LogP contribution in [-0.2, 0) is 0 Å². The lowest BCUT2D eigenvalue weighted by atomic mass is 10.1. The third-order valence-electron chi connectivity index (χ3n) is 2.94. The second-order valence-corrected chi connectivity index (χ2v) is 5.49. The van der Waals surface area contributed by atoms with Gasteiger partial charge in [0.1, 0.15) is 18.1 Å². The molecule has 1 atom stereocenters. The molecule has 2 aromatic carbocycles. The maximum atomic E-state index is 6.14. The Labute approximate surface area is 130 Å². The number of benzene rings is 2. The lowest BCUT2D eigenvalue weighted by Crippen LogP contribution is -2.19. The first-order valence-electron chi connectivity index (χ1n) is 6.96. The number of para-hydroxylation sites is 1. The molecule has 0 radical (unpaired) electrons. The number of hydrogen-bond donors (Lipinski definition) is 1. The largest absolute Gasteiger partial charge is 0.491 e. The second-order valence-electron chi connectivity index (χ2n) is 5.08. The average Bonchev–Trinajstić information content (AvgIpc) is 2.46. The van der Waals surface area contributed by atoms with Gasteiger partial charge in [-0.05, 0) is 43.7 Å². The molecule has 0 spiro atoms. The first kappa shape index (κ1) is 15.7. The molecule has 0 aliphatic carbocycles. The Balaban J connectivity index is 1.94. The van der Waals surface area contributed by atoms with Crippen molar-refractivity contribution in [2.45, 2.75) is 26.0 Å². The van der Waals surface area contributed by atoms with E-state index in [-0.39, 0.29) is 12.1 Å². The lowest BCUT2D eigenvalue weighted by molar-refractivity contribution is 0.242. The predicted octanol–water partition coefficient (Wildman–Crippen LogP) is 4.21. The molecule has 0 aliphatic rings. The van der Waals surface area contributed by atoms with Crippen LogP contribution in [0, 0.1) is 0 Å². The molecule has 0 bridgehead atoms. The predicted molar refractivity (Wildman–Crippen MR) is 86.1 cm³/mol. The van der Waals surface area contributed by atoms with Gasteiger partial charge in [-0.15, -0.1) is 0 Å². The normalized spacial score (nSPS) is 12.2. The van der Waals surface area contributed by atoms with Gasteiger partial charge in [0.05, 0.1) is 17.2 Å². The van der Waals surface area contributed by atoms with Crippen molar-refractivity contribution in [1.82, 2.24) is 0 Å². The molecular weight excluding hydrogens is 286 g/mol. The summed E-state index contributed by atoms with van der Waals surface area (Å²) in [6.07, 6.45) is 0.160. The van der Waals surface area contributed by atoms with Crippen LogP contribution in [0.25, 0.3) is 0 Å². The quantitative estimate of drug-likeness (QED) is 0.869. The Kier molecular flexibility index (Phi) is 5.48. The Morgan fingerprint density at radius 2 is 1.71 bits per heavy atom. The molecule has 0 saturated carbocycles. The summed E-state index contributed by atoms with van der Waals surface area (Å²) in [6, 6.07) is 14.9. The molecule has 0 saturated heterocycles. The molecule has 4 heteroatoms. The maximum Gasteiger partial charge on any atom is 0.137 e. The van der Waals surface area contributed by atoms with E-state index in [9.17, 15) is 0 Å². The lowest BCUT2D eigenvalue weighted by Gasteiger charge is -2.15. The summed E-state index contributed by atoms with van der Waals surface area (Å²) in [6.45, 7) is 4.36. The monoisotopic (exact) mass is 305 g/mol. The molecule has 0 aromatic heterocycles. The van der Waals surface area contributed by atoms with Crippen molar-refractivity contribution in [3.8, 4) is 11.5 Å². The fourth-order valence-electron chi connectivity index (χ4n) is 1.90. The summed E-state index contributed by atoms with van der Waals surface area (Å²) in [5.41, 5.74) is 7.13. The van der Waals surface area contributed by atoms with Crippen molar-refractivity contribution in [1.29, 1.82) is 0 Å². The first-order valence-corrected chi connectivity index (χ1v) is 7.33. The van der Waals surface area contributed by atoms with Crippen LogP contribution in [0.15, 0.2) is 48.5 Å². The smallest absolute Gasteiger partial charge is 0.137 e.